The Hall–Kier alpha value is -0.910. The van der Waals surface area contributed by atoms with Gasteiger partial charge in [0.05, 0.1) is 5.92 Å². The molecule has 1 atom stereocenters. The standard InChI is InChI=1S/C10H14BrNO4/c11-6-7(10(15)16)2-1-5-12-8(13)3-4-9(12)14/h7H,1-6H2,(H,15,16). The van der Waals surface area contributed by atoms with Crippen molar-refractivity contribution in [2.24, 2.45) is 5.92 Å². The van der Waals surface area contributed by atoms with Crippen LogP contribution in [0.1, 0.15) is 25.7 Å². The Morgan fingerprint density at radius 2 is 1.94 bits per heavy atom. The van der Waals surface area contributed by atoms with Crippen LogP contribution in [0.3, 0.4) is 0 Å². The number of amides is 2. The summed E-state index contributed by atoms with van der Waals surface area (Å²) in [6.45, 7) is 0.342. The zero-order chi connectivity index (χ0) is 12.1. The summed E-state index contributed by atoms with van der Waals surface area (Å²) in [5.41, 5.74) is 0. The molecule has 1 fully saturated rings. The Labute approximate surface area is 102 Å². The zero-order valence-electron chi connectivity index (χ0n) is 8.82. The van der Waals surface area contributed by atoms with E-state index in [1.54, 1.807) is 0 Å². The van der Waals surface area contributed by atoms with E-state index in [1.807, 2.05) is 0 Å². The van der Waals surface area contributed by atoms with Crippen LogP contribution < -0.4 is 0 Å². The van der Waals surface area contributed by atoms with Gasteiger partial charge in [-0.05, 0) is 12.8 Å². The highest BCUT2D eigenvalue weighted by atomic mass is 79.9. The molecule has 0 aliphatic carbocycles. The van der Waals surface area contributed by atoms with Crippen molar-refractivity contribution in [2.45, 2.75) is 25.7 Å². The van der Waals surface area contributed by atoms with Crippen LogP contribution in [-0.4, -0.2) is 39.7 Å². The number of aliphatic carboxylic acids is 1. The first-order valence-electron chi connectivity index (χ1n) is 5.18. The van der Waals surface area contributed by atoms with Gasteiger partial charge in [-0.2, -0.15) is 0 Å². The van der Waals surface area contributed by atoms with Gasteiger partial charge in [-0.3, -0.25) is 19.3 Å². The van der Waals surface area contributed by atoms with E-state index in [1.165, 1.54) is 4.90 Å². The van der Waals surface area contributed by atoms with E-state index in [2.05, 4.69) is 15.9 Å². The van der Waals surface area contributed by atoms with Crippen molar-refractivity contribution in [1.82, 2.24) is 4.90 Å². The lowest BCUT2D eigenvalue weighted by molar-refractivity contribution is -0.141. The fraction of sp³-hybridized carbons (Fsp3) is 0.700. The summed E-state index contributed by atoms with van der Waals surface area (Å²) < 4.78 is 0. The number of likely N-dealkylation sites (tertiary alicyclic amines) is 1. The minimum atomic E-state index is -0.851. The number of carboxylic acids is 1. The molecule has 16 heavy (non-hydrogen) atoms. The third kappa shape index (κ3) is 3.30. The second kappa shape index (κ2) is 5.98. The van der Waals surface area contributed by atoms with Crippen LogP contribution in [0.4, 0.5) is 0 Å². The molecule has 0 saturated carbocycles. The van der Waals surface area contributed by atoms with E-state index in [4.69, 9.17) is 5.11 Å². The van der Waals surface area contributed by atoms with E-state index in [-0.39, 0.29) is 11.8 Å². The molecular weight excluding hydrogens is 278 g/mol. The third-order valence-corrected chi connectivity index (χ3v) is 3.41. The number of imide groups is 1. The van der Waals surface area contributed by atoms with Crippen LogP contribution in [0.5, 0.6) is 0 Å². The molecule has 0 aromatic rings. The van der Waals surface area contributed by atoms with Crippen LogP contribution >= 0.6 is 15.9 Å². The van der Waals surface area contributed by atoms with E-state index in [0.29, 0.717) is 37.6 Å². The number of hydrogen-bond donors (Lipinski definition) is 1. The van der Waals surface area contributed by atoms with Crippen LogP contribution in [0, 0.1) is 5.92 Å². The molecule has 0 aromatic carbocycles. The van der Waals surface area contributed by atoms with E-state index < -0.39 is 11.9 Å². The third-order valence-electron chi connectivity index (χ3n) is 2.62. The van der Waals surface area contributed by atoms with E-state index in [0.717, 1.165) is 0 Å². The maximum atomic E-state index is 11.2. The van der Waals surface area contributed by atoms with Gasteiger partial charge in [0.2, 0.25) is 11.8 Å². The molecule has 1 rings (SSSR count). The van der Waals surface area contributed by atoms with E-state index in [9.17, 15) is 14.4 Å². The number of halogens is 1. The first-order valence-corrected chi connectivity index (χ1v) is 6.30. The smallest absolute Gasteiger partial charge is 0.307 e. The average molecular weight is 292 g/mol. The maximum Gasteiger partial charge on any atom is 0.307 e. The fourth-order valence-electron chi connectivity index (χ4n) is 1.63. The van der Waals surface area contributed by atoms with E-state index >= 15 is 0 Å². The molecule has 5 nitrogen and oxygen atoms in total. The molecule has 0 radical (unpaired) electrons. The van der Waals surface area contributed by atoms with Gasteiger partial charge in [0, 0.05) is 24.7 Å². The highest BCUT2D eigenvalue weighted by Gasteiger charge is 2.28. The summed E-state index contributed by atoms with van der Waals surface area (Å²) in [6, 6.07) is 0. The number of nitrogens with zero attached hydrogens (tertiary/aromatic N) is 1. The van der Waals surface area contributed by atoms with Crippen molar-refractivity contribution in [3.63, 3.8) is 0 Å². The second-order valence-electron chi connectivity index (χ2n) is 3.77. The Bertz CT molecular complexity index is 289. The van der Waals surface area contributed by atoms with Gasteiger partial charge in [-0.1, -0.05) is 15.9 Å². The van der Waals surface area contributed by atoms with Crippen molar-refractivity contribution < 1.29 is 19.5 Å². The summed E-state index contributed by atoms with van der Waals surface area (Å²) in [6.07, 6.45) is 1.59. The molecule has 0 aromatic heterocycles. The lowest BCUT2D eigenvalue weighted by Crippen LogP contribution is -2.30. The summed E-state index contributed by atoms with van der Waals surface area (Å²) >= 11 is 3.13. The lowest BCUT2D eigenvalue weighted by atomic mass is 10.1. The number of carboxylic acid groups (broad SMARTS) is 1. The Morgan fingerprint density at radius 3 is 2.38 bits per heavy atom. The van der Waals surface area contributed by atoms with Gasteiger partial charge in [0.1, 0.15) is 0 Å². The van der Waals surface area contributed by atoms with Gasteiger partial charge >= 0.3 is 5.97 Å². The van der Waals surface area contributed by atoms with Crippen LogP contribution in [0.2, 0.25) is 0 Å². The topological polar surface area (TPSA) is 74.7 Å². The summed E-state index contributed by atoms with van der Waals surface area (Å²) in [4.78, 5) is 34.4. The monoisotopic (exact) mass is 291 g/mol. The second-order valence-corrected chi connectivity index (χ2v) is 4.42. The molecule has 90 valence electrons. The molecule has 1 unspecified atom stereocenters. The number of carbonyl (C=O) groups excluding carboxylic acids is 2. The van der Waals surface area contributed by atoms with Gasteiger partial charge in [-0.15, -0.1) is 0 Å². The number of hydrogen-bond acceptors (Lipinski definition) is 3. The average Bonchev–Trinajstić information content (AvgIpc) is 2.54. The molecule has 1 aliphatic rings. The van der Waals surface area contributed by atoms with Crippen molar-refractivity contribution in [1.29, 1.82) is 0 Å². The molecule has 0 bridgehead atoms. The molecule has 1 saturated heterocycles. The first kappa shape index (κ1) is 13.2. The molecule has 2 amide bonds. The van der Waals surface area contributed by atoms with Crippen LogP contribution in [0.25, 0.3) is 0 Å². The fourth-order valence-corrected chi connectivity index (χ4v) is 2.24. The largest absolute Gasteiger partial charge is 0.481 e. The normalized spacial score (nSPS) is 17.9. The Morgan fingerprint density at radius 1 is 1.38 bits per heavy atom. The highest BCUT2D eigenvalue weighted by Crippen LogP contribution is 2.15. The van der Waals surface area contributed by atoms with Gasteiger partial charge < -0.3 is 5.11 Å². The van der Waals surface area contributed by atoms with Crippen LogP contribution in [-0.2, 0) is 14.4 Å². The minimum absolute atomic E-state index is 0.143. The van der Waals surface area contributed by atoms with Crippen molar-refractivity contribution in [2.75, 3.05) is 11.9 Å². The number of alkyl halides is 1. The van der Waals surface area contributed by atoms with Crippen LogP contribution in [0.15, 0.2) is 0 Å². The SMILES string of the molecule is O=C(O)C(CBr)CCCN1C(=O)CCC1=O. The zero-order valence-corrected chi connectivity index (χ0v) is 10.4. The first-order chi connectivity index (χ1) is 7.56. The molecule has 6 heteroatoms. The molecule has 1 heterocycles. The summed E-state index contributed by atoms with van der Waals surface area (Å²) in [5.74, 6) is -1.59. The molecule has 1 N–H and O–H groups in total. The molecule has 0 spiro atoms. The van der Waals surface area contributed by atoms with Crippen molar-refractivity contribution in [3.8, 4) is 0 Å². The predicted octanol–water partition coefficient (Wildman–Crippen LogP) is 1.01. The lowest BCUT2D eigenvalue weighted by Gasteiger charge is -2.14. The summed E-state index contributed by atoms with van der Waals surface area (Å²) in [5, 5.41) is 9.18. The maximum absolute atomic E-state index is 11.2. The predicted molar refractivity (Wildman–Crippen MR) is 60.1 cm³/mol. The quantitative estimate of drug-likeness (QED) is 0.585. The molecule has 1 aliphatic heterocycles. The number of carbonyl (C=O) groups is 3. The van der Waals surface area contributed by atoms with Crippen molar-refractivity contribution >= 4 is 33.7 Å². The Kier molecular flexibility index (Phi) is 4.92. The number of rotatable bonds is 6. The Balaban J connectivity index is 2.32. The van der Waals surface area contributed by atoms with Gasteiger partial charge in [0.25, 0.3) is 0 Å². The van der Waals surface area contributed by atoms with Gasteiger partial charge in [0.15, 0.2) is 0 Å². The van der Waals surface area contributed by atoms with Crippen molar-refractivity contribution in [3.05, 3.63) is 0 Å². The highest BCUT2D eigenvalue weighted by molar-refractivity contribution is 9.09. The summed E-state index contributed by atoms with van der Waals surface area (Å²) in [7, 11) is 0. The van der Waals surface area contributed by atoms with Gasteiger partial charge in [-0.25, -0.2) is 0 Å². The molecular formula is C10H14BrNO4. The minimum Gasteiger partial charge on any atom is -0.481 e.